The van der Waals surface area contributed by atoms with E-state index in [9.17, 15) is 0 Å². The largest absolute Gasteiger partial charge is 0.347 e. The molecule has 0 radical (unpaired) electrons. The summed E-state index contributed by atoms with van der Waals surface area (Å²) in [5, 5.41) is 3.31. The van der Waals surface area contributed by atoms with Crippen molar-refractivity contribution >= 4 is 0 Å². The van der Waals surface area contributed by atoms with Gasteiger partial charge in [0.15, 0.2) is 0 Å². The molecule has 2 aromatic heterocycles. The van der Waals surface area contributed by atoms with E-state index in [4.69, 9.17) is 0 Å². The number of aryl methyl sites for hydroxylation is 1. The topological polar surface area (TPSA) is 53.6 Å². The van der Waals surface area contributed by atoms with E-state index >= 15 is 0 Å². The molecule has 2 heterocycles. The molecule has 0 unspecified atom stereocenters. The number of nitrogens with zero attached hydrogens (tertiary/aromatic N) is 2. The van der Waals surface area contributed by atoms with Gasteiger partial charge in [-0.15, -0.1) is 0 Å². The summed E-state index contributed by atoms with van der Waals surface area (Å²) in [6.45, 7) is 3.61. The van der Waals surface area contributed by atoms with Crippen LogP contribution in [0.3, 0.4) is 0 Å². The Morgan fingerprint density at radius 1 is 1.27 bits per heavy atom. The minimum atomic E-state index is 0.799. The van der Waals surface area contributed by atoms with E-state index in [1.165, 1.54) is 5.56 Å². The first-order valence-electron chi connectivity index (χ1n) is 4.94. The maximum atomic E-state index is 4.23. The van der Waals surface area contributed by atoms with E-state index in [-0.39, 0.29) is 0 Å². The van der Waals surface area contributed by atoms with Gasteiger partial charge in [0.2, 0.25) is 0 Å². The summed E-state index contributed by atoms with van der Waals surface area (Å²) < 4.78 is 0. The average Bonchev–Trinajstić information content (AvgIpc) is 2.74. The number of imidazole rings is 1. The van der Waals surface area contributed by atoms with Crippen molar-refractivity contribution in [3.05, 3.63) is 47.8 Å². The van der Waals surface area contributed by atoms with Crippen LogP contribution in [0.25, 0.3) is 0 Å². The lowest BCUT2D eigenvalue weighted by Crippen LogP contribution is -2.13. The molecule has 0 aliphatic rings. The number of aromatic amines is 1. The lowest BCUT2D eigenvalue weighted by atomic mass is 10.2. The molecule has 0 saturated carbocycles. The summed E-state index contributed by atoms with van der Waals surface area (Å²) in [7, 11) is 0. The van der Waals surface area contributed by atoms with Gasteiger partial charge in [-0.3, -0.25) is 4.98 Å². The van der Waals surface area contributed by atoms with Gasteiger partial charge in [0, 0.05) is 36.9 Å². The summed E-state index contributed by atoms with van der Waals surface area (Å²) in [4.78, 5) is 11.2. The third-order valence-electron chi connectivity index (χ3n) is 2.17. The standard InChI is InChI=1S/C11H14N4/c1-9-2-3-10(5-14-9)4-12-6-11-7-13-8-15-11/h2-3,5,7-8,12H,4,6H2,1H3,(H,13,15). The Morgan fingerprint density at radius 2 is 2.20 bits per heavy atom. The smallest absolute Gasteiger partial charge is 0.0922 e. The first-order chi connectivity index (χ1) is 7.34. The number of hydrogen-bond acceptors (Lipinski definition) is 3. The highest BCUT2D eigenvalue weighted by molar-refractivity contribution is 5.12. The second-order valence-corrected chi connectivity index (χ2v) is 3.49. The van der Waals surface area contributed by atoms with Crippen LogP contribution in [0.15, 0.2) is 30.9 Å². The predicted octanol–water partition coefficient (Wildman–Crippen LogP) is 1.40. The molecule has 2 N–H and O–H groups in total. The molecule has 0 spiro atoms. The Hall–Kier alpha value is -1.68. The predicted molar refractivity (Wildman–Crippen MR) is 58.1 cm³/mol. The fraction of sp³-hybridized carbons (Fsp3) is 0.273. The first-order valence-corrected chi connectivity index (χ1v) is 4.94. The molecule has 0 amide bonds. The van der Waals surface area contributed by atoms with Crippen LogP contribution in [0.2, 0.25) is 0 Å². The zero-order valence-corrected chi connectivity index (χ0v) is 8.70. The average molecular weight is 202 g/mol. The number of nitrogens with one attached hydrogen (secondary N) is 2. The molecular formula is C11H14N4. The van der Waals surface area contributed by atoms with Crippen molar-refractivity contribution in [2.45, 2.75) is 20.0 Å². The van der Waals surface area contributed by atoms with Crippen molar-refractivity contribution in [1.82, 2.24) is 20.3 Å². The van der Waals surface area contributed by atoms with Crippen LogP contribution >= 0.6 is 0 Å². The highest BCUT2D eigenvalue weighted by atomic mass is 14.9. The van der Waals surface area contributed by atoms with E-state index in [0.717, 1.165) is 24.5 Å². The van der Waals surface area contributed by atoms with Gasteiger partial charge in [0.05, 0.1) is 6.33 Å². The maximum Gasteiger partial charge on any atom is 0.0922 e. The summed E-state index contributed by atoms with van der Waals surface area (Å²) >= 11 is 0. The molecule has 0 fully saturated rings. The number of hydrogen-bond donors (Lipinski definition) is 2. The van der Waals surface area contributed by atoms with Gasteiger partial charge in [0.25, 0.3) is 0 Å². The highest BCUT2D eigenvalue weighted by Crippen LogP contribution is 1.99. The second-order valence-electron chi connectivity index (χ2n) is 3.49. The molecule has 0 saturated heterocycles. The van der Waals surface area contributed by atoms with E-state index in [0.29, 0.717) is 0 Å². The van der Waals surface area contributed by atoms with E-state index in [1.54, 1.807) is 6.33 Å². The van der Waals surface area contributed by atoms with Crippen molar-refractivity contribution in [3.63, 3.8) is 0 Å². The number of pyridine rings is 1. The molecular weight excluding hydrogens is 188 g/mol. The van der Waals surface area contributed by atoms with Crippen LogP contribution in [-0.2, 0) is 13.1 Å². The number of aromatic nitrogens is 3. The van der Waals surface area contributed by atoms with Crippen LogP contribution in [0.5, 0.6) is 0 Å². The van der Waals surface area contributed by atoms with E-state index < -0.39 is 0 Å². The lowest BCUT2D eigenvalue weighted by molar-refractivity contribution is 0.680. The number of H-pyrrole nitrogens is 1. The SMILES string of the molecule is Cc1ccc(CNCc2cnc[nH]2)cn1. The second kappa shape index (κ2) is 4.70. The number of rotatable bonds is 4. The minimum Gasteiger partial charge on any atom is -0.347 e. The normalized spacial score (nSPS) is 10.5. The van der Waals surface area contributed by atoms with Gasteiger partial charge in [-0.1, -0.05) is 6.07 Å². The molecule has 2 rings (SSSR count). The Balaban J connectivity index is 1.81. The summed E-state index contributed by atoms with van der Waals surface area (Å²) in [5.41, 5.74) is 3.34. The molecule has 0 aliphatic carbocycles. The zero-order valence-electron chi connectivity index (χ0n) is 8.70. The van der Waals surface area contributed by atoms with Crippen LogP contribution < -0.4 is 5.32 Å². The third-order valence-corrected chi connectivity index (χ3v) is 2.17. The summed E-state index contributed by atoms with van der Waals surface area (Å²) in [6.07, 6.45) is 5.40. The van der Waals surface area contributed by atoms with Crippen molar-refractivity contribution in [3.8, 4) is 0 Å². The van der Waals surface area contributed by atoms with Gasteiger partial charge >= 0.3 is 0 Å². The van der Waals surface area contributed by atoms with Gasteiger partial charge in [0.1, 0.15) is 0 Å². The van der Waals surface area contributed by atoms with Gasteiger partial charge in [-0.05, 0) is 18.6 Å². The van der Waals surface area contributed by atoms with E-state index in [1.807, 2.05) is 25.4 Å². The van der Waals surface area contributed by atoms with E-state index in [2.05, 4.69) is 26.3 Å². The van der Waals surface area contributed by atoms with Crippen molar-refractivity contribution in [1.29, 1.82) is 0 Å². The summed E-state index contributed by atoms with van der Waals surface area (Å²) in [5.74, 6) is 0. The summed E-state index contributed by atoms with van der Waals surface area (Å²) in [6, 6.07) is 4.11. The maximum absolute atomic E-state index is 4.23. The van der Waals surface area contributed by atoms with Crippen LogP contribution in [-0.4, -0.2) is 15.0 Å². The van der Waals surface area contributed by atoms with Crippen molar-refractivity contribution in [2.75, 3.05) is 0 Å². The van der Waals surface area contributed by atoms with Crippen molar-refractivity contribution in [2.24, 2.45) is 0 Å². The molecule has 4 nitrogen and oxygen atoms in total. The molecule has 15 heavy (non-hydrogen) atoms. The molecule has 0 aromatic carbocycles. The molecule has 4 heteroatoms. The Morgan fingerprint density at radius 3 is 2.87 bits per heavy atom. The van der Waals surface area contributed by atoms with Crippen molar-refractivity contribution < 1.29 is 0 Å². The Labute approximate surface area is 88.8 Å². The van der Waals surface area contributed by atoms with Gasteiger partial charge in [-0.2, -0.15) is 0 Å². The lowest BCUT2D eigenvalue weighted by Gasteiger charge is -2.03. The fourth-order valence-corrected chi connectivity index (χ4v) is 1.33. The third kappa shape index (κ3) is 2.89. The quantitative estimate of drug-likeness (QED) is 0.788. The minimum absolute atomic E-state index is 0.799. The van der Waals surface area contributed by atoms with Crippen LogP contribution in [0.1, 0.15) is 17.0 Å². The van der Waals surface area contributed by atoms with Gasteiger partial charge < -0.3 is 10.3 Å². The Bertz CT molecular complexity index is 391. The monoisotopic (exact) mass is 202 g/mol. The van der Waals surface area contributed by atoms with Crippen LogP contribution in [0.4, 0.5) is 0 Å². The highest BCUT2D eigenvalue weighted by Gasteiger charge is 1.95. The Kier molecular flexibility index (Phi) is 3.09. The molecule has 78 valence electrons. The first kappa shape index (κ1) is 9.86. The molecule has 0 bridgehead atoms. The van der Waals surface area contributed by atoms with Gasteiger partial charge in [-0.25, -0.2) is 4.98 Å². The molecule has 2 aromatic rings. The van der Waals surface area contributed by atoms with Crippen LogP contribution in [0, 0.1) is 6.92 Å². The fourth-order valence-electron chi connectivity index (χ4n) is 1.33. The molecule has 0 atom stereocenters. The zero-order chi connectivity index (χ0) is 10.5. The molecule has 0 aliphatic heterocycles.